The summed E-state index contributed by atoms with van der Waals surface area (Å²) >= 11 is 0. The van der Waals surface area contributed by atoms with Crippen LogP contribution in [0.5, 0.6) is 5.75 Å². The molecule has 1 atom stereocenters. The monoisotopic (exact) mass is 518 g/mol. The lowest BCUT2D eigenvalue weighted by atomic mass is 10.2. The second-order valence-electron chi connectivity index (χ2n) is 7.26. The molecule has 0 aliphatic carbocycles. The number of ether oxygens (including phenoxy) is 2. The number of piperazine rings is 1. The van der Waals surface area contributed by atoms with Crippen molar-refractivity contribution in [1.82, 2.24) is 10.2 Å². The van der Waals surface area contributed by atoms with E-state index in [1.54, 1.807) is 6.07 Å². The minimum Gasteiger partial charge on any atom is -0.506 e. The van der Waals surface area contributed by atoms with Crippen LogP contribution in [0.2, 0.25) is 0 Å². The van der Waals surface area contributed by atoms with E-state index in [0.29, 0.717) is 18.5 Å². The third kappa shape index (κ3) is 7.49. The number of phenolic OH excluding ortho intramolecular Hbond substituents is 1. The average molecular weight is 518 g/mol. The Morgan fingerprint density at radius 2 is 2.07 bits per heavy atom. The molecule has 0 saturated carbocycles. The highest BCUT2D eigenvalue weighted by atomic mass is 127. The molecule has 2 heterocycles. The molecular formula is C21H35IN4O3. The first kappa shape index (κ1) is 24.0. The average Bonchev–Trinajstić information content (AvgIpc) is 3.24. The van der Waals surface area contributed by atoms with Gasteiger partial charge in [0.15, 0.2) is 5.96 Å². The first-order valence-corrected chi connectivity index (χ1v) is 10.5. The first-order chi connectivity index (χ1) is 13.8. The third-order valence-corrected chi connectivity index (χ3v) is 5.17. The van der Waals surface area contributed by atoms with E-state index in [1.165, 1.54) is 0 Å². The van der Waals surface area contributed by atoms with Crippen molar-refractivity contribution in [1.29, 1.82) is 0 Å². The van der Waals surface area contributed by atoms with E-state index in [9.17, 15) is 5.11 Å². The number of rotatable bonds is 8. The number of phenols is 1. The molecule has 2 aliphatic heterocycles. The fourth-order valence-electron chi connectivity index (χ4n) is 3.66. The van der Waals surface area contributed by atoms with Crippen molar-refractivity contribution in [3.8, 4) is 5.75 Å². The van der Waals surface area contributed by atoms with Crippen LogP contribution >= 0.6 is 24.0 Å². The summed E-state index contributed by atoms with van der Waals surface area (Å²) in [5, 5.41) is 13.5. The van der Waals surface area contributed by atoms with E-state index in [4.69, 9.17) is 14.5 Å². The molecule has 0 spiro atoms. The highest BCUT2D eigenvalue weighted by Crippen LogP contribution is 2.27. The summed E-state index contributed by atoms with van der Waals surface area (Å²) in [5.74, 6) is 1.32. The lowest BCUT2D eigenvalue weighted by molar-refractivity contribution is 0.0170. The molecule has 164 valence electrons. The van der Waals surface area contributed by atoms with Crippen molar-refractivity contribution in [3.63, 3.8) is 0 Å². The number of aliphatic imine (C=N–C) groups is 1. The summed E-state index contributed by atoms with van der Waals surface area (Å²) in [6.45, 7) is 9.52. The van der Waals surface area contributed by atoms with Crippen molar-refractivity contribution in [2.75, 3.05) is 64.0 Å². The molecule has 0 bridgehead atoms. The third-order valence-electron chi connectivity index (χ3n) is 5.17. The van der Waals surface area contributed by atoms with Gasteiger partial charge in [0, 0.05) is 52.5 Å². The quantitative estimate of drug-likeness (QED) is 0.239. The topological polar surface area (TPSA) is 69.6 Å². The predicted octanol–water partition coefficient (Wildman–Crippen LogP) is 2.68. The second-order valence-corrected chi connectivity index (χ2v) is 7.26. The zero-order chi connectivity index (χ0) is 19.6. The maximum absolute atomic E-state index is 10.1. The van der Waals surface area contributed by atoms with Gasteiger partial charge < -0.3 is 29.7 Å². The number of nitrogens with one attached hydrogen (secondary N) is 1. The van der Waals surface area contributed by atoms with E-state index in [-0.39, 0.29) is 24.0 Å². The number of halogens is 1. The van der Waals surface area contributed by atoms with E-state index in [1.807, 2.05) is 18.2 Å². The van der Waals surface area contributed by atoms with E-state index in [2.05, 4.69) is 22.0 Å². The number of para-hydroxylation sites is 2. The number of hydrogen-bond donors (Lipinski definition) is 2. The first-order valence-electron chi connectivity index (χ1n) is 10.5. The summed E-state index contributed by atoms with van der Waals surface area (Å²) in [6, 6.07) is 7.54. The molecule has 1 unspecified atom stereocenters. The zero-order valence-corrected chi connectivity index (χ0v) is 19.7. The normalized spacial score (nSPS) is 19.9. The SMILES string of the molecule is CCNC(=NCCCOCC1CCCO1)N1CCN(c2ccccc2O)CC1.I. The maximum atomic E-state index is 10.1. The van der Waals surface area contributed by atoms with Gasteiger partial charge in [0.25, 0.3) is 0 Å². The van der Waals surface area contributed by atoms with Gasteiger partial charge in [0.2, 0.25) is 0 Å². The smallest absolute Gasteiger partial charge is 0.194 e. The molecule has 7 nitrogen and oxygen atoms in total. The summed E-state index contributed by atoms with van der Waals surface area (Å²) in [7, 11) is 0. The van der Waals surface area contributed by atoms with Crippen LogP contribution in [-0.4, -0.2) is 81.2 Å². The van der Waals surface area contributed by atoms with Gasteiger partial charge in [-0.25, -0.2) is 0 Å². The highest BCUT2D eigenvalue weighted by Gasteiger charge is 2.21. The van der Waals surface area contributed by atoms with Crippen LogP contribution < -0.4 is 10.2 Å². The van der Waals surface area contributed by atoms with Gasteiger partial charge in [-0.05, 0) is 38.3 Å². The Labute approximate surface area is 191 Å². The molecule has 2 N–H and O–H groups in total. The van der Waals surface area contributed by atoms with Crippen molar-refractivity contribution < 1.29 is 14.6 Å². The molecule has 2 saturated heterocycles. The minimum absolute atomic E-state index is 0. The minimum atomic E-state index is 0. The lowest BCUT2D eigenvalue weighted by Crippen LogP contribution is -2.52. The molecule has 1 aromatic carbocycles. The Bertz CT molecular complexity index is 618. The van der Waals surface area contributed by atoms with Gasteiger partial charge in [-0.1, -0.05) is 12.1 Å². The predicted molar refractivity (Wildman–Crippen MR) is 128 cm³/mol. The Hall–Kier alpha value is -1.26. The van der Waals surface area contributed by atoms with Gasteiger partial charge in [-0.15, -0.1) is 24.0 Å². The van der Waals surface area contributed by atoms with Crippen LogP contribution in [0, 0.1) is 0 Å². The molecule has 2 fully saturated rings. The molecule has 2 aliphatic rings. The van der Waals surface area contributed by atoms with Gasteiger partial charge >= 0.3 is 0 Å². The molecule has 8 heteroatoms. The number of nitrogens with zero attached hydrogens (tertiary/aromatic N) is 3. The van der Waals surface area contributed by atoms with E-state index >= 15 is 0 Å². The van der Waals surface area contributed by atoms with E-state index < -0.39 is 0 Å². The number of guanidine groups is 1. The fourth-order valence-corrected chi connectivity index (χ4v) is 3.66. The molecule has 3 rings (SSSR count). The zero-order valence-electron chi connectivity index (χ0n) is 17.4. The number of benzene rings is 1. The van der Waals surface area contributed by atoms with Gasteiger partial charge in [0.05, 0.1) is 18.4 Å². The summed E-state index contributed by atoms with van der Waals surface area (Å²) in [4.78, 5) is 9.30. The maximum Gasteiger partial charge on any atom is 0.194 e. The molecule has 1 aromatic rings. The van der Waals surface area contributed by atoms with Crippen molar-refractivity contribution in [2.45, 2.75) is 32.3 Å². The molecule has 0 radical (unpaired) electrons. The standard InChI is InChI=1S/C21H34N4O3.HI/c1-2-22-21(23-10-6-15-27-17-18-7-5-16-28-18)25-13-11-24(12-14-25)19-8-3-4-9-20(19)26;/h3-4,8-9,18,26H,2,5-7,10-17H2,1H3,(H,22,23);1H. The van der Waals surface area contributed by atoms with Crippen molar-refractivity contribution in [3.05, 3.63) is 24.3 Å². The number of aromatic hydroxyl groups is 1. The highest BCUT2D eigenvalue weighted by molar-refractivity contribution is 14.0. The fraction of sp³-hybridized carbons (Fsp3) is 0.667. The summed E-state index contributed by atoms with van der Waals surface area (Å²) in [6.07, 6.45) is 3.48. The van der Waals surface area contributed by atoms with Crippen molar-refractivity contribution >= 4 is 35.6 Å². The molecule has 29 heavy (non-hydrogen) atoms. The number of anilines is 1. The molecule has 0 aromatic heterocycles. The van der Waals surface area contributed by atoms with Crippen LogP contribution in [0.1, 0.15) is 26.2 Å². The molecule has 0 amide bonds. The second kappa shape index (κ2) is 13.1. The van der Waals surface area contributed by atoms with Crippen LogP contribution in [0.4, 0.5) is 5.69 Å². The van der Waals surface area contributed by atoms with Gasteiger partial charge in [-0.3, -0.25) is 4.99 Å². The van der Waals surface area contributed by atoms with Gasteiger partial charge in [-0.2, -0.15) is 0 Å². The van der Waals surface area contributed by atoms with Crippen LogP contribution in [-0.2, 0) is 9.47 Å². The Morgan fingerprint density at radius 1 is 1.28 bits per heavy atom. The van der Waals surface area contributed by atoms with Crippen LogP contribution in [0.15, 0.2) is 29.3 Å². The van der Waals surface area contributed by atoms with Crippen LogP contribution in [0.3, 0.4) is 0 Å². The van der Waals surface area contributed by atoms with E-state index in [0.717, 1.165) is 83.4 Å². The van der Waals surface area contributed by atoms with Crippen LogP contribution in [0.25, 0.3) is 0 Å². The van der Waals surface area contributed by atoms with Crippen molar-refractivity contribution in [2.24, 2.45) is 4.99 Å². The molecular weight excluding hydrogens is 483 g/mol. The lowest BCUT2D eigenvalue weighted by Gasteiger charge is -2.37. The Morgan fingerprint density at radius 3 is 2.76 bits per heavy atom. The Balaban J connectivity index is 0.00000300. The van der Waals surface area contributed by atoms with Gasteiger partial charge in [0.1, 0.15) is 5.75 Å². The summed E-state index contributed by atoms with van der Waals surface area (Å²) in [5.41, 5.74) is 0.910. The number of hydrogen-bond acceptors (Lipinski definition) is 5. The largest absolute Gasteiger partial charge is 0.506 e. The summed E-state index contributed by atoms with van der Waals surface area (Å²) < 4.78 is 11.3. The Kier molecular flexibility index (Phi) is 10.9.